The van der Waals surface area contributed by atoms with Crippen LogP contribution in [0.2, 0.25) is 0 Å². The zero-order valence-electron chi connectivity index (χ0n) is 13.3. The van der Waals surface area contributed by atoms with E-state index < -0.39 is 0 Å². The largest absolute Gasteiger partial charge is 0.324 e. The maximum atomic E-state index is 4.52. The molecule has 0 spiro atoms. The molecule has 3 heterocycles. The maximum absolute atomic E-state index is 4.52. The van der Waals surface area contributed by atoms with Crippen molar-refractivity contribution < 1.29 is 0 Å². The van der Waals surface area contributed by atoms with Gasteiger partial charge in [0, 0.05) is 33.2 Å². The molecular weight excluding hydrogens is 320 g/mol. The van der Waals surface area contributed by atoms with Gasteiger partial charge >= 0.3 is 0 Å². The normalized spacial score (nSPS) is 10.9. The lowest BCUT2D eigenvalue weighted by molar-refractivity contribution is 1.04. The van der Waals surface area contributed by atoms with E-state index >= 15 is 0 Å². The summed E-state index contributed by atoms with van der Waals surface area (Å²) in [4.78, 5) is 8.83. The van der Waals surface area contributed by atoms with Gasteiger partial charge in [0.05, 0.1) is 0 Å². The van der Waals surface area contributed by atoms with Crippen LogP contribution >= 0.6 is 11.3 Å². The van der Waals surface area contributed by atoms with Crippen LogP contribution in [-0.2, 0) is 0 Å². The Balaban J connectivity index is 1.61. The molecule has 4 aromatic rings. The summed E-state index contributed by atoms with van der Waals surface area (Å²) in [6.07, 6.45) is 1.72. The predicted octanol–water partition coefficient (Wildman–Crippen LogP) is 4.52. The molecule has 0 fully saturated rings. The summed E-state index contributed by atoms with van der Waals surface area (Å²) >= 11 is 1.72. The molecule has 0 atom stereocenters. The third-order valence-corrected chi connectivity index (χ3v) is 4.78. The van der Waals surface area contributed by atoms with Crippen molar-refractivity contribution >= 4 is 44.7 Å². The van der Waals surface area contributed by atoms with Gasteiger partial charge in [-0.3, -0.25) is 5.10 Å². The number of hydrogen-bond acceptors (Lipinski definition) is 6. The van der Waals surface area contributed by atoms with E-state index in [9.17, 15) is 0 Å². The Morgan fingerprint density at radius 3 is 2.83 bits per heavy atom. The lowest BCUT2D eigenvalue weighted by atomic mass is 10.2. The molecule has 0 aliphatic rings. The first-order chi connectivity index (χ1) is 11.7. The summed E-state index contributed by atoms with van der Waals surface area (Å²) in [5.41, 5.74) is 3.11. The predicted molar refractivity (Wildman–Crippen MR) is 98.5 cm³/mol. The van der Waals surface area contributed by atoms with Gasteiger partial charge < -0.3 is 10.6 Å². The van der Waals surface area contributed by atoms with Gasteiger partial charge in [0.25, 0.3) is 0 Å². The van der Waals surface area contributed by atoms with Gasteiger partial charge in [-0.15, -0.1) is 11.3 Å². The topological polar surface area (TPSA) is 78.5 Å². The van der Waals surface area contributed by atoms with Crippen molar-refractivity contribution in [3.8, 4) is 0 Å². The van der Waals surface area contributed by atoms with Crippen LogP contribution in [0.15, 0.2) is 41.9 Å². The van der Waals surface area contributed by atoms with E-state index in [0.29, 0.717) is 11.8 Å². The Kier molecular flexibility index (Phi) is 3.62. The van der Waals surface area contributed by atoms with Crippen molar-refractivity contribution in [1.82, 2.24) is 20.2 Å². The molecule has 0 amide bonds. The summed E-state index contributed by atoms with van der Waals surface area (Å²) in [6.45, 7) is 4.00. The molecule has 0 unspecified atom stereocenters. The summed E-state index contributed by atoms with van der Waals surface area (Å²) < 4.78 is 1.23. The molecule has 24 heavy (non-hydrogen) atoms. The third-order valence-electron chi connectivity index (χ3n) is 3.90. The Morgan fingerprint density at radius 1 is 1.08 bits per heavy atom. The van der Waals surface area contributed by atoms with Gasteiger partial charge in [0.2, 0.25) is 5.95 Å². The number of aromatic amines is 1. The number of aryl methyl sites for hydroxylation is 1. The average Bonchev–Trinajstić information content (AvgIpc) is 3.18. The average molecular weight is 336 g/mol. The number of thiophene rings is 1. The standard InChI is InChI=1S/C17H16N6S/c1-10-11(2)22-23-16(10)20-15-6-8-18-17(21-15)19-13-4-3-5-14-12(13)7-9-24-14/h3-9H,1-2H3,(H3,18,19,20,21,22,23). The molecular formula is C17H16N6S. The van der Waals surface area contributed by atoms with Gasteiger partial charge in [-0.1, -0.05) is 6.07 Å². The zero-order valence-corrected chi connectivity index (χ0v) is 14.1. The Labute approximate surface area is 143 Å². The number of anilines is 4. The second kappa shape index (κ2) is 5.93. The van der Waals surface area contributed by atoms with Gasteiger partial charge in [0.1, 0.15) is 5.82 Å². The summed E-state index contributed by atoms with van der Waals surface area (Å²) in [5, 5.41) is 17.0. The second-order valence-electron chi connectivity index (χ2n) is 5.48. The number of hydrogen-bond donors (Lipinski definition) is 3. The number of nitrogens with one attached hydrogen (secondary N) is 3. The fourth-order valence-corrected chi connectivity index (χ4v) is 3.25. The summed E-state index contributed by atoms with van der Waals surface area (Å²) in [6, 6.07) is 10.1. The lowest BCUT2D eigenvalue weighted by Crippen LogP contribution is -2.01. The minimum Gasteiger partial charge on any atom is -0.324 e. The SMILES string of the molecule is Cc1[nH]nc(Nc2ccnc(Nc3cccc4sccc34)n2)c1C. The van der Waals surface area contributed by atoms with Crippen molar-refractivity contribution in [2.75, 3.05) is 10.6 Å². The zero-order chi connectivity index (χ0) is 16.5. The summed E-state index contributed by atoms with van der Waals surface area (Å²) in [7, 11) is 0. The lowest BCUT2D eigenvalue weighted by Gasteiger charge is -2.08. The Hall–Kier alpha value is -2.93. The quantitative estimate of drug-likeness (QED) is 0.511. The van der Waals surface area contributed by atoms with E-state index in [-0.39, 0.29) is 0 Å². The monoisotopic (exact) mass is 336 g/mol. The number of nitrogens with zero attached hydrogens (tertiary/aromatic N) is 3. The van der Waals surface area contributed by atoms with E-state index in [1.165, 1.54) is 10.1 Å². The molecule has 0 radical (unpaired) electrons. The minimum absolute atomic E-state index is 0.545. The van der Waals surface area contributed by atoms with E-state index in [4.69, 9.17) is 0 Å². The van der Waals surface area contributed by atoms with Gasteiger partial charge in [-0.05, 0) is 43.5 Å². The van der Waals surface area contributed by atoms with Crippen LogP contribution < -0.4 is 10.6 Å². The molecule has 0 saturated heterocycles. The van der Waals surface area contributed by atoms with Crippen LogP contribution in [0.4, 0.5) is 23.3 Å². The highest BCUT2D eigenvalue weighted by Gasteiger charge is 2.08. The van der Waals surface area contributed by atoms with Gasteiger partial charge in [-0.25, -0.2) is 4.98 Å². The van der Waals surface area contributed by atoms with Crippen molar-refractivity contribution in [2.24, 2.45) is 0 Å². The number of fused-ring (bicyclic) bond motifs is 1. The molecule has 1 aromatic carbocycles. The highest BCUT2D eigenvalue weighted by Crippen LogP contribution is 2.29. The molecule has 0 saturated carbocycles. The first-order valence-electron chi connectivity index (χ1n) is 7.55. The van der Waals surface area contributed by atoms with Crippen molar-refractivity contribution in [2.45, 2.75) is 13.8 Å². The Morgan fingerprint density at radius 2 is 2.00 bits per heavy atom. The van der Waals surface area contributed by atoms with E-state index in [0.717, 1.165) is 22.8 Å². The molecule has 6 nitrogen and oxygen atoms in total. The molecule has 3 aromatic heterocycles. The number of aromatic nitrogens is 4. The Bertz CT molecular complexity index is 1000. The molecule has 4 rings (SSSR count). The van der Waals surface area contributed by atoms with Gasteiger partial charge in [-0.2, -0.15) is 10.1 Å². The second-order valence-corrected chi connectivity index (χ2v) is 6.42. The van der Waals surface area contributed by atoms with Gasteiger partial charge in [0.15, 0.2) is 5.82 Å². The maximum Gasteiger partial charge on any atom is 0.229 e. The van der Waals surface area contributed by atoms with Crippen LogP contribution in [0.5, 0.6) is 0 Å². The van der Waals surface area contributed by atoms with Crippen LogP contribution in [-0.4, -0.2) is 20.2 Å². The molecule has 120 valence electrons. The molecule has 0 aliphatic carbocycles. The van der Waals surface area contributed by atoms with Crippen molar-refractivity contribution in [3.05, 3.63) is 53.2 Å². The highest BCUT2D eigenvalue weighted by molar-refractivity contribution is 7.17. The third kappa shape index (κ3) is 2.69. The van der Waals surface area contributed by atoms with Crippen LogP contribution in [0, 0.1) is 13.8 Å². The number of H-pyrrole nitrogens is 1. The van der Waals surface area contributed by atoms with E-state index in [1.54, 1.807) is 17.5 Å². The summed E-state index contributed by atoms with van der Waals surface area (Å²) in [5.74, 6) is 2.01. The fraction of sp³-hybridized carbons (Fsp3) is 0.118. The first kappa shape index (κ1) is 14.6. The van der Waals surface area contributed by atoms with E-state index in [2.05, 4.69) is 48.3 Å². The fourth-order valence-electron chi connectivity index (χ4n) is 2.44. The van der Waals surface area contributed by atoms with Crippen LogP contribution in [0.25, 0.3) is 10.1 Å². The number of benzene rings is 1. The van der Waals surface area contributed by atoms with Crippen LogP contribution in [0.3, 0.4) is 0 Å². The molecule has 3 N–H and O–H groups in total. The number of rotatable bonds is 4. The highest BCUT2D eigenvalue weighted by atomic mass is 32.1. The van der Waals surface area contributed by atoms with Crippen molar-refractivity contribution in [3.63, 3.8) is 0 Å². The molecule has 7 heteroatoms. The molecule has 0 aliphatic heterocycles. The first-order valence-corrected chi connectivity index (χ1v) is 8.43. The van der Waals surface area contributed by atoms with Crippen molar-refractivity contribution in [1.29, 1.82) is 0 Å². The van der Waals surface area contributed by atoms with Crippen LogP contribution in [0.1, 0.15) is 11.3 Å². The van der Waals surface area contributed by atoms with E-state index in [1.807, 2.05) is 32.0 Å². The molecule has 0 bridgehead atoms. The smallest absolute Gasteiger partial charge is 0.229 e. The minimum atomic E-state index is 0.545.